The molecule has 1 aliphatic rings. The van der Waals surface area contributed by atoms with Gasteiger partial charge in [0, 0.05) is 23.4 Å². The van der Waals surface area contributed by atoms with Gasteiger partial charge in [-0.05, 0) is 55.6 Å². The molecule has 0 atom stereocenters. The third-order valence-electron chi connectivity index (χ3n) is 4.33. The van der Waals surface area contributed by atoms with Gasteiger partial charge in [0.25, 0.3) is 5.91 Å². The molecule has 2 aromatic rings. The number of hydrogen-bond acceptors (Lipinski definition) is 4. The largest absolute Gasteiger partial charge is 0.299 e. The van der Waals surface area contributed by atoms with Crippen LogP contribution in [0.15, 0.2) is 58.2 Å². The second kappa shape index (κ2) is 8.87. The molecular weight excluding hydrogens is 380 g/mol. The molecule has 0 bridgehead atoms. The number of carbonyl (C=O) groups excluding carboxylic acids is 1. The van der Waals surface area contributed by atoms with E-state index in [1.165, 1.54) is 5.56 Å². The fraction of sp³-hybridized carbons (Fsp3) is 0.316. The summed E-state index contributed by atoms with van der Waals surface area (Å²) in [5, 5.41) is 4.10. The second-order valence-corrected chi connectivity index (χ2v) is 6.99. The SMILES string of the molecule is O=C(N/N=C/C1CCN(Cc2ccccc2Br)CC1)c1ccccn1. The van der Waals surface area contributed by atoms with Gasteiger partial charge in [0.2, 0.25) is 0 Å². The zero-order valence-electron chi connectivity index (χ0n) is 13.9. The van der Waals surface area contributed by atoms with Gasteiger partial charge >= 0.3 is 0 Å². The van der Waals surface area contributed by atoms with Crippen molar-refractivity contribution in [3.63, 3.8) is 0 Å². The van der Waals surface area contributed by atoms with Gasteiger partial charge in [-0.15, -0.1) is 0 Å². The third kappa shape index (κ3) is 5.21. The zero-order chi connectivity index (χ0) is 17.5. The van der Waals surface area contributed by atoms with Gasteiger partial charge in [0.1, 0.15) is 5.69 Å². The molecule has 0 unspecified atom stereocenters. The van der Waals surface area contributed by atoms with Gasteiger partial charge in [-0.25, -0.2) is 5.43 Å². The summed E-state index contributed by atoms with van der Waals surface area (Å²) in [7, 11) is 0. The van der Waals surface area contributed by atoms with E-state index in [9.17, 15) is 4.79 Å². The summed E-state index contributed by atoms with van der Waals surface area (Å²) in [6.07, 6.45) is 5.55. The maximum Gasteiger partial charge on any atom is 0.289 e. The average Bonchev–Trinajstić information content (AvgIpc) is 2.65. The van der Waals surface area contributed by atoms with Crippen molar-refractivity contribution in [3.05, 3.63) is 64.4 Å². The number of benzene rings is 1. The van der Waals surface area contributed by atoms with E-state index >= 15 is 0 Å². The Morgan fingerprint density at radius 1 is 1.24 bits per heavy atom. The van der Waals surface area contributed by atoms with Crippen LogP contribution in [0.4, 0.5) is 0 Å². The van der Waals surface area contributed by atoms with Crippen LogP contribution in [0, 0.1) is 5.92 Å². The molecule has 1 amide bonds. The Balaban J connectivity index is 1.43. The Morgan fingerprint density at radius 2 is 2.00 bits per heavy atom. The zero-order valence-corrected chi connectivity index (χ0v) is 15.5. The average molecular weight is 401 g/mol. The van der Waals surface area contributed by atoms with E-state index in [2.05, 4.69) is 54.5 Å². The van der Waals surface area contributed by atoms with Crippen LogP contribution >= 0.6 is 15.9 Å². The van der Waals surface area contributed by atoms with Crippen molar-refractivity contribution in [2.24, 2.45) is 11.0 Å². The Morgan fingerprint density at radius 3 is 2.72 bits per heavy atom. The number of likely N-dealkylation sites (tertiary alicyclic amines) is 1. The molecule has 1 N–H and O–H groups in total. The molecule has 0 aliphatic carbocycles. The van der Waals surface area contributed by atoms with E-state index in [1.807, 2.05) is 12.3 Å². The first-order chi connectivity index (χ1) is 12.2. The summed E-state index contributed by atoms with van der Waals surface area (Å²) < 4.78 is 1.16. The lowest BCUT2D eigenvalue weighted by Crippen LogP contribution is -2.34. The van der Waals surface area contributed by atoms with E-state index in [-0.39, 0.29) is 5.91 Å². The summed E-state index contributed by atoms with van der Waals surface area (Å²) in [6.45, 7) is 3.03. The molecule has 0 saturated carbocycles. The van der Waals surface area contributed by atoms with E-state index < -0.39 is 0 Å². The second-order valence-electron chi connectivity index (χ2n) is 6.14. The highest BCUT2D eigenvalue weighted by Gasteiger charge is 2.18. The van der Waals surface area contributed by atoms with Crippen molar-refractivity contribution < 1.29 is 4.79 Å². The molecule has 0 radical (unpaired) electrons. The normalized spacial score (nSPS) is 16.2. The number of nitrogens with zero attached hydrogens (tertiary/aromatic N) is 3. The summed E-state index contributed by atoms with van der Waals surface area (Å²) in [6, 6.07) is 13.6. The lowest BCUT2D eigenvalue weighted by molar-refractivity contribution is 0.0949. The first-order valence-electron chi connectivity index (χ1n) is 8.42. The molecule has 25 heavy (non-hydrogen) atoms. The molecule has 1 aromatic heterocycles. The molecule has 1 aliphatic heterocycles. The minimum Gasteiger partial charge on any atom is -0.299 e. The third-order valence-corrected chi connectivity index (χ3v) is 5.11. The van der Waals surface area contributed by atoms with Crippen LogP contribution in [-0.2, 0) is 6.54 Å². The van der Waals surface area contributed by atoms with Crippen molar-refractivity contribution >= 4 is 28.1 Å². The number of amides is 1. The van der Waals surface area contributed by atoms with Crippen molar-refractivity contribution in [1.82, 2.24) is 15.3 Å². The minimum absolute atomic E-state index is 0.275. The fourth-order valence-corrected chi connectivity index (χ4v) is 3.29. The smallest absolute Gasteiger partial charge is 0.289 e. The molecule has 5 nitrogen and oxygen atoms in total. The Hall–Kier alpha value is -2.05. The number of rotatable bonds is 5. The summed E-state index contributed by atoms with van der Waals surface area (Å²) >= 11 is 3.61. The quantitative estimate of drug-likeness (QED) is 0.617. The highest BCUT2D eigenvalue weighted by molar-refractivity contribution is 9.10. The van der Waals surface area contributed by atoms with E-state index in [0.29, 0.717) is 11.6 Å². The minimum atomic E-state index is -0.275. The van der Waals surface area contributed by atoms with Crippen molar-refractivity contribution in [1.29, 1.82) is 0 Å². The highest BCUT2D eigenvalue weighted by atomic mass is 79.9. The molecule has 6 heteroatoms. The number of pyridine rings is 1. The van der Waals surface area contributed by atoms with Crippen molar-refractivity contribution in [2.75, 3.05) is 13.1 Å². The molecule has 1 aromatic carbocycles. The van der Waals surface area contributed by atoms with Crippen molar-refractivity contribution in [3.8, 4) is 0 Å². The molecule has 1 fully saturated rings. The lowest BCUT2D eigenvalue weighted by Gasteiger charge is -2.30. The van der Waals surface area contributed by atoms with Crippen LogP contribution in [0.2, 0.25) is 0 Å². The number of halogens is 1. The van der Waals surface area contributed by atoms with E-state index in [0.717, 1.165) is 36.9 Å². The molecular formula is C19H21BrN4O. The number of piperidine rings is 1. The van der Waals surface area contributed by atoms with Crippen LogP contribution in [0.25, 0.3) is 0 Å². The number of hydrogen-bond donors (Lipinski definition) is 1. The van der Waals surface area contributed by atoms with Crippen LogP contribution in [-0.4, -0.2) is 35.1 Å². The maximum atomic E-state index is 11.9. The van der Waals surface area contributed by atoms with Crippen LogP contribution in [0.5, 0.6) is 0 Å². The van der Waals surface area contributed by atoms with Gasteiger partial charge in [0.15, 0.2) is 0 Å². The van der Waals surface area contributed by atoms with Gasteiger partial charge in [-0.3, -0.25) is 14.7 Å². The topological polar surface area (TPSA) is 57.6 Å². The first kappa shape index (κ1) is 17.8. The number of carbonyl (C=O) groups is 1. The molecule has 3 rings (SSSR count). The molecule has 0 spiro atoms. The summed E-state index contributed by atoms with van der Waals surface area (Å²) in [5.41, 5.74) is 4.25. The standard InChI is InChI=1S/C19H21BrN4O/c20-17-6-2-1-5-16(17)14-24-11-8-15(9-12-24)13-22-23-19(25)18-7-3-4-10-21-18/h1-7,10,13,15H,8-9,11-12,14H2,(H,23,25)/b22-13+. The highest BCUT2D eigenvalue weighted by Crippen LogP contribution is 2.21. The van der Waals surface area contributed by atoms with E-state index in [4.69, 9.17) is 0 Å². The number of aromatic nitrogens is 1. The maximum absolute atomic E-state index is 11.9. The molecule has 2 heterocycles. The Bertz CT molecular complexity index is 727. The van der Waals surface area contributed by atoms with Crippen LogP contribution in [0.1, 0.15) is 28.9 Å². The monoisotopic (exact) mass is 400 g/mol. The molecule has 130 valence electrons. The van der Waals surface area contributed by atoms with Gasteiger partial charge < -0.3 is 0 Å². The predicted octanol–water partition coefficient (Wildman–Crippen LogP) is 3.47. The fourth-order valence-electron chi connectivity index (χ4n) is 2.88. The van der Waals surface area contributed by atoms with Crippen LogP contribution < -0.4 is 5.43 Å². The molecule has 1 saturated heterocycles. The summed E-state index contributed by atoms with van der Waals surface area (Å²) in [4.78, 5) is 18.3. The van der Waals surface area contributed by atoms with Gasteiger partial charge in [-0.1, -0.05) is 40.2 Å². The Kier molecular flexibility index (Phi) is 6.30. The summed E-state index contributed by atoms with van der Waals surface area (Å²) in [5.74, 6) is 0.128. The Labute approximate surface area is 156 Å². The lowest BCUT2D eigenvalue weighted by atomic mass is 9.98. The predicted molar refractivity (Wildman–Crippen MR) is 102 cm³/mol. The van der Waals surface area contributed by atoms with E-state index in [1.54, 1.807) is 24.4 Å². The number of nitrogens with one attached hydrogen (secondary N) is 1. The van der Waals surface area contributed by atoms with Gasteiger partial charge in [-0.2, -0.15) is 5.10 Å². The first-order valence-corrected chi connectivity index (χ1v) is 9.22. The van der Waals surface area contributed by atoms with Crippen LogP contribution in [0.3, 0.4) is 0 Å². The van der Waals surface area contributed by atoms with Gasteiger partial charge in [0.05, 0.1) is 0 Å². The number of hydrazone groups is 1. The van der Waals surface area contributed by atoms with Crippen molar-refractivity contribution in [2.45, 2.75) is 19.4 Å².